The second kappa shape index (κ2) is 7.90. The summed E-state index contributed by atoms with van der Waals surface area (Å²) < 4.78 is 27.0. The first kappa shape index (κ1) is 18.4. The molecule has 1 saturated heterocycles. The molecule has 0 bridgehead atoms. The lowest BCUT2D eigenvalue weighted by atomic mass is 10.2. The molecule has 3 rings (SSSR count). The summed E-state index contributed by atoms with van der Waals surface area (Å²) in [4.78, 5) is 20.8. The van der Waals surface area contributed by atoms with Crippen LogP contribution in [-0.2, 0) is 11.3 Å². The van der Waals surface area contributed by atoms with Gasteiger partial charge < -0.3 is 4.90 Å². The van der Waals surface area contributed by atoms with Crippen molar-refractivity contribution in [3.05, 3.63) is 47.5 Å². The monoisotopic (exact) mass is 363 g/mol. The Hall–Kier alpha value is -2.35. The van der Waals surface area contributed by atoms with Gasteiger partial charge in [-0.05, 0) is 37.6 Å². The fourth-order valence-corrected chi connectivity index (χ4v) is 3.25. The standard InChI is InChI=1S/C18H23F2N5O/c1-13-11-16(17(19)20)22-25(13)14(2)18(26)24-9-7-23(8-10-24)12-15-3-5-21-6-4-15/h3-6,11,14,17H,7-10,12H2,1-2H3. The van der Waals surface area contributed by atoms with Gasteiger partial charge in [0.15, 0.2) is 0 Å². The van der Waals surface area contributed by atoms with E-state index in [1.54, 1.807) is 31.1 Å². The number of rotatable bonds is 5. The van der Waals surface area contributed by atoms with Crippen LogP contribution in [0.3, 0.4) is 0 Å². The van der Waals surface area contributed by atoms with Gasteiger partial charge in [0.25, 0.3) is 6.43 Å². The van der Waals surface area contributed by atoms with Crippen LogP contribution in [-0.4, -0.2) is 56.7 Å². The molecule has 0 N–H and O–H groups in total. The van der Waals surface area contributed by atoms with Crippen molar-refractivity contribution in [1.29, 1.82) is 0 Å². The smallest absolute Gasteiger partial charge is 0.282 e. The summed E-state index contributed by atoms with van der Waals surface area (Å²) >= 11 is 0. The molecule has 0 aliphatic carbocycles. The summed E-state index contributed by atoms with van der Waals surface area (Å²) in [5.41, 5.74) is 1.47. The molecule has 0 saturated carbocycles. The first-order valence-corrected chi connectivity index (χ1v) is 8.70. The molecule has 6 nitrogen and oxygen atoms in total. The van der Waals surface area contributed by atoms with Crippen LogP contribution in [0.4, 0.5) is 8.78 Å². The second-order valence-electron chi connectivity index (χ2n) is 6.59. The minimum absolute atomic E-state index is 0.0828. The second-order valence-corrected chi connectivity index (χ2v) is 6.59. The first-order valence-electron chi connectivity index (χ1n) is 8.70. The Labute approximate surface area is 151 Å². The van der Waals surface area contributed by atoms with Crippen molar-refractivity contribution >= 4 is 5.91 Å². The third-order valence-electron chi connectivity index (χ3n) is 4.73. The first-order chi connectivity index (χ1) is 12.5. The lowest BCUT2D eigenvalue weighted by molar-refractivity contribution is -0.136. The molecule has 0 radical (unpaired) electrons. The van der Waals surface area contributed by atoms with E-state index in [2.05, 4.69) is 15.0 Å². The molecule has 2 aromatic heterocycles. The summed E-state index contributed by atoms with van der Waals surface area (Å²) in [5.74, 6) is -0.0828. The van der Waals surface area contributed by atoms with Crippen LogP contribution in [0, 0.1) is 6.92 Å². The van der Waals surface area contributed by atoms with Gasteiger partial charge in [0.2, 0.25) is 5.91 Å². The molecular formula is C18H23F2N5O. The zero-order chi connectivity index (χ0) is 18.7. The Kier molecular flexibility index (Phi) is 5.61. The van der Waals surface area contributed by atoms with Gasteiger partial charge in [0.05, 0.1) is 0 Å². The average molecular weight is 363 g/mol. The summed E-state index contributed by atoms with van der Waals surface area (Å²) in [5, 5.41) is 3.90. The molecular weight excluding hydrogens is 340 g/mol. The van der Waals surface area contributed by atoms with Crippen molar-refractivity contribution in [2.24, 2.45) is 0 Å². The number of alkyl halides is 2. The van der Waals surface area contributed by atoms with Crippen LogP contribution in [0.15, 0.2) is 30.6 Å². The number of halogens is 2. The lowest BCUT2D eigenvalue weighted by Crippen LogP contribution is -2.50. The van der Waals surface area contributed by atoms with E-state index in [4.69, 9.17) is 0 Å². The van der Waals surface area contributed by atoms with Crippen LogP contribution in [0.1, 0.15) is 36.3 Å². The summed E-state index contributed by atoms with van der Waals surface area (Å²) in [6.07, 6.45) is 0.919. The zero-order valence-electron chi connectivity index (χ0n) is 15.0. The minimum Gasteiger partial charge on any atom is -0.338 e. The van der Waals surface area contributed by atoms with Crippen molar-refractivity contribution in [1.82, 2.24) is 24.6 Å². The number of carbonyl (C=O) groups is 1. The maximum Gasteiger partial charge on any atom is 0.282 e. The van der Waals surface area contributed by atoms with E-state index in [-0.39, 0.29) is 11.6 Å². The van der Waals surface area contributed by atoms with Crippen molar-refractivity contribution in [2.75, 3.05) is 26.2 Å². The average Bonchev–Trinajstić information content (AvgIpc) is 3.04. The predicted molar refractivity (Wildman–Crippen MR) is 92.7 cm³/mol. The van der Waals surface area contributed by atoms with Crippen molar-refractivity contribution in [3.8, 4) is 0 Å². The highest BCUT2D eigenvalue weighted by Crippen LogP contribution is 2.21. The van der Waals surface area contributed by atoms with Crippen LogP contribution in [0.2, 0.25) is 0 Å². The molecule has 140 valence electrons. The van der Waals surface area contributed by atoms with Gasteiger partial charge in [0.1, 0.15) is 11.7 Å². The summed E-state index contributed by atoms with van der Waals surface area (Å²) in [6, 6.07) is 4.72. The van der Waals surface area contributed by atoms with Crippen LogP contribution >= 0.6 is 0 Å². The molecule has 1 unspecified atom stereocenters. The Morgan fingerprint density at radius 1 is 1.19 bits per heavy atom. The molecule has 1 fully saturated rings. The highest BCUT2D eigenvalue weighted by molar-refractivity contribution is 5.80. The van der Waals surface area contributed by atoms with Crippen LogP contribution in [0.25, 0.3) is 0 Å². The van der Waals surface area contributed by atoms with Crippen LogP contribution in [0.5, 0.6) is 0 Å². The molecule has 8 heteroatoms. The minimum atomic E-state index is -2.63. The van der Waals surface area contributed by atoms with Gasteiger partial charge in [-0.1, -0.05) is 0 Å². The molecule has 1 aliphatic heterocycles. The van der Waals surface area contributed by atoms with Gasteiger partial charge in [0, 0.05) is 50.8 Å². The number of aryl methyl sites for hydroxylation is 1. The summed E-state index contributed by atoms with van der Waals surface area (Å²) in [7, 11) is 0. The van der Waals surface area contributed by atoms with E-state index in [9.17, 15) is 13.6 Å². The number of amides is 1. The largest absolute Gasteiger partial charge is 0.338 e. The van der Waals surface area contributed by atoms with Gasteiger partial charge >= 0.3 is 0 Å². The van der Waals surface area contributed by atoms with Gasteiger partial charge in [-0.3, -0.25) is 19.4 Å². The molecule has 1 amide bonds. The molecule has 1 atom stereocenters. The zero-order valence-corrected chi connectivity index (χ0v) is 15.0. The van der Waals surface area contributed by atoms with Crippen molar-refractivity contribution in [2.45, 2.75) is 32.9 Å². The Morgan fingerprint density at radius 3 is 2.42 bits per heavy atom. The summed E-state index contributed by atoms with van der Waals surface area (Å²) in [6.45, 7) is 7.03. The number of piperazine rings is 1. The van der Waals surface area contributed by atoms with Crippen molar-refractivity contribution in [3.63, 3.8) is 0 Å². The number of pyridine rings is 1. The fourth-order valence-electron chi connectivity index (χ4n) is 3.25. The quantitative estimate of drug-likeness (QED) is 0.819. The highest BCUT2D eigenvalue weighted by Gasteiger charge is 2.28. The number of aromatic nitrogens is 3. The topological polar surface area (TPSA) is 54.3 Å². The molecule has 3 heterocycles. The van der Waals surface area contributed by atoms with E-state index in [1.807, 2.05) is 12.1 Å². The fraction of sp³-hybridized carbons (Fsp3) is 0.500. The van der Waals surface area contributed by atoms with E-state index < -0.39 is 12.5 Å². The molecule has 0 aromatic carbocycles. The highest BCUT2D eigenvalue weighted by atomic mass is 19.3. The number of hydrogen-bond acceptors (Lipinski definition) is 4. The van der Waals surface area contributed by atoms with Gasteiger partial charge in [-0.2, -0.15) is 5.10 Å². The van der Waals surface area contributed by atoms with E-state index in [1.165, 1.54) is 16.3 Å². The lowest BCUT2D eigenvalue weighted by Gasteiger charge is -2.36. The van der Waals surface area contributed by atoms with Gasteiger partial charge in [-0.15, -0.1) is 0 Å². The Balaban J connectivity index is 1.58. The maximum absolute atomic E-state index is 12.8. The number of carbonyl (C=O) groups excluding carboxylic acids is 1. The SMILES string of the molecule is Cc1cc(C(F)F)nn1C(C)C(=O)N1CCN(Cc2ccncc2)CC1. The third-order valence-corrected chi connectivity index (χ3v) is 4.73. The number of nitrogens with zero attached hydrogens (tertiary/aromatic N) is 5. The molecule has 26 heavy (non-hydrogen) atoms. The molecule has 0 spiro atoms. The molecule has 2 aromatic rings. The molecule has 1 aliphatic rings. The van der Waals surface area contributed by atoms with Crippen LogP contribution < -0.4 is 0 Å². The predicted octanol–water partition coefficient (Wildman–Crippen LogP) is 2.43. The number of hydrogen-bond donors (Lipinski definition) is 0. The Morgan fingerprint density at radius 2 is 1.85 bits per heavy atom. The van der Waals surface area contributed by atoms with E-state index in [0.717, 1.165) is 19.6 Å². The van der Waals surface area contributed by atoms with E-state index in [0.29, 0.717) is 18.8 Å². The normalized spacial score (nSPS) is 16.9. The van der Waals surface area contributed by atoms with Gasteiger partial charge in [-0.25, -0.2) is 8.78 Å². The van der Waals surface area contributed by atoms with E-state index >= 15 is 0 Å². The Bertz CT molecular complexity index is 741. The maximum atomic E-state index is 12.8. The van der Waals surface area contributed by atoms with Crippen molar-refractivity contribution < 1.29 is 13.6 Å². The third kappa shape index (κ3) is 4.07.